The number of fused-ring (bicyclic) bond motifs is 1. The first-order chi connectivity index (χ1) is 15.5. The van der Waals surface area contributed by atoms with Crippen molar-refractivity contribution >= 4 is 23.4 Å². The summed E-state index contributed by atoms with van der Waals surface area (Å²) in [5, 5.41) is 12.1. The molecular formula is C25H20ClN3O3. The average molecular weight is 446 g/mol. The van der Waals surface area contributed by atoms with Gasteiger partial charge >= 0.3 is 0 Å². The van der Waals surface area contributed by atoms with Gasteiger partial charge in [-0.05, 0) is 47.9 Å². The monoisotopic (exact) mass is 445 g/mol. The Kier molecular flexibility index (Phi) is 6.39. The van der Waals surface area contributed by atoms with E-state index in [4.69, 9.17) is 16.3 Å². The first kappa shape index (κ1) is 21.4. The van der Waals surface area contributed by atoms with Crippen molar-refractivity contribution in [2.45, 2.75) is 13.0 Å². The van der Waals surface area contributed by atoms with Crippen molar-refractivity contribution in [3.63, 3.8) is 0 Å². The summed E-state index contributed by atoms with van der Waals surface area (Å²) in [4.78, 5) is 26.8. The van der Waals surface area contributed by atoms with Crippen molar-refractivity contribution in [1.82, 2.24) is 10.2 Å². The van der Waals surface area contributed by atoms with Gasteiger partial charge in [-0.1, -0.05) is 48.0 Å². The Morgan fingerprint density at radius 3 is 2.56 bits per heavy atom. The summed E-state index contributed by atoms with van der Waals surface area (Å²) in [5.74, 6) is 0.172. The van der Waals surface area contributed by atoms with Gasteiger partial charge in [-0.2, -0.15) is 5.26 Å². The second-order valence-electron chi connectivity index (χ2n) is 7.37. The number of nitriles is 1. The Morgan fingerprint density at radius 1 is 1.03 bits per heavy atom. The smallest absolute Gasteiger partial charge is 0.251 e. The standard InChI is InChI=1S/C25H20ClN3O3/c26-21-13-18(9-10-23(21)32-22-8-4-3-6-19(22)14-27)25(31)28-15-24(30)29-12-11-17-5-1-2-7-20(17)16-29/h1-10,13H,11-12,15-16H2,(H,28,31). The molecule has 32 heavy (non-hydrogen) atoms. The maximum atomic E-state index is 12.6. The van der Waals surface area contributed by atoms with E-state index in [-0.39, 0.29) is 17.5 Å². The maximum absolute atomic E-state index is 12.6. The van der Waals surface area contributed by atoms with E-state index in [0.717, 1.165) is 12.0 Å². The van der Waals surface area contributed by atoms with Gasteiger partial charge in [0, 0.05) is 18.7 Å². The molecule has 1 aliphatic heterocycles. The van der Waals surface area contributed by atoms with Crippen LogP contribution in [0.2, 0.25) is 5.02 Å². The fourth-order valence-electron chi connectivity index (χ4n) is 3.57. The van der Waals surface area contributed by atoms with Crippen LogP contribution in [0.3, 0.4) is 0 Å². The highest BCUT2D eigenvalue weighted by Gasteiger charge is 2.21. The maximum Gasteiger partial charge on any atom is 0.251 e. The molecule has 3 aromatic rings. The van der Waals surface area contributed by atoms with Crippen molar-refractivity contribution in [2.24, 2.45) is 0 Å². The third-order valence-corrected chi connectivity index (χ3v) is 5.60. The van der Waals surface area contributed by atoms with E-state index in [9.17, 15) is 14.9 Å². The number of hydrogen-bond donors (Lipinski definition) is 1. The number of hydrogen-bond acceptors (Lipinski definition) is 4. The highest BCUT2D eigenvalue weighted by molar-refractivity contribution is 6.32. The number of rotatable bonds is 5. The van der Waals surface area contributed by atoms with E-state index in [1.54, 1.807) is 41.3 Å². The van der Waals surface area contributed by atoms with Crippen LogP contribution in [0, 0.1) is 11.3 Å². The second kappa shape index (κ2) is 9.54. The van der Waals surface area contributed by atoms with Crippen molar-refractivity contribution in [1.29, 1.82) is 5.26 Å². The topological polar surface area (TPSA) is 82.4 Å². The third-order valence-electron chi connectivity index (χ3n) is 5.31. The van der Waals surface area contributed by atoms with E-state index >= 15 is 0 Å². The molecule has 6 nitrogen and oxygen atoms in total. The molecule has 0 saturated heterocycles. The van der Waals surface area contributed by atoms with Crippen LogP contribution in [0.1, 0.15) is 27.0 Å². The lowest BCUT2D eigenvalue weighted by Crippen LogP contribution is -2.42. The molecule has 0 atom stereocenters. The minimum absolute atomic E-state index is 0.0909. The molecule has 0 aromatic heterocycles. The lowest BCUT2D eigenvalue weighted by Gasteiger charge is -2.29. The predicted octanol–water partition coefficient (Wildman–Crippen LogP) is 4.32. The van der Waals surface area contributed by atoms with Crippen LogP contribution in [0.5, 0.6) is 11.5 Å². The molecule has 4 rings (SSSR count). The number of ether oxygens (including phenoxy) is 1. The summed E-state index contributed by atoms with van der Waals surface area (Å²) in [6.45, 7) is 1.09. The minimum atomic E-state index is -0.401. The first-order valence-electron chi connectivity index (χ1n) is 10.1. The van der Waals surface area contributed by atoms with Crippen molar-refractivity contribution in [3.8, 4) is 17.6 Å². The van der Waals surface area contributed by atoms with Gasteiger partial charge in [0.2, 0.25) is 5.91 Å². The van der Waals surface area contributed by atoms with E-state index in [1.165, 1.54) is 11.6 Å². The Labute approximate surface area is 191 Å². The van der Waals surface area contributed by atoms with Gasteiger partial charge in [-0.3, -0.25) is 9.59 Å². The number of nitrogens with zero attached hydrogens (tertiary/aromatic N) is 2. The summed E-state index contributed by atoms with van der Waals surface area (Å²) in [7, 11) is 0. The predicted molar refractivity (Wildman–Crippen MR) is 121 cm³/mol. The lowest BCUT2D eigenvalue weighted by atomic mass is 10.00. The first-order valence-corrected chi connectivity index (χ1v) is 10.5. The zero-order valence-electron chi connectivity index (χ0n) is 17.2. The largest absolute Gasteiger partial charge is 0.454 e. The molecule has 1 aliphatic rings. The minimum Gasteiger partial charge on any atom is -0.454 e. The molecule has 0 saturated carbocycles. The number of para-hydroxylation sites is 1. The number of carbonyl (C=O) groups is 2. The molecule has 1 heterocycles. The van der Waals surface area contributed by atoms with Gasteiger partial charge in [0.15, 0.2) is 0 Å². The SMILES string of the molecule is N#Cc1ccccc1Oc1ccc(C(=O)NCC(=O)N2CCc3ccccc3C2)cc1Cl. The molecule has 160 valence electrons. The van der Waals surface area contributed by atoms with Gasteiger partial charge < -0.3 is 15.0 Å². The Bertz CT molecular complexity index is 1220. The normalized spacial score (nSPS) is 12.4. The molecule has 3 aromatic carbocycles. The number of carbonyl (C=O) groups excluding carboxylic acids is 2. The summed E-state index contributed by atoms with van der Waals surface area (Å²) in [5.41, 5.74) is 3.09. The lowest BCUT2D eigenvalue weighted by molar-refractivity contribution is -0.131. The molecule has 0 fully saturated rings. The van der Waals surface area contributed by atoms with Crippen LogP contribution in [0.4, 0.5) is 0 Å². The van der Waals surface area contributed by atoms with Gasteiger partial charge in [-0.25, -0.2) is 0 Å². The molecule has 0 radical (unpaired) electrons. The van der Waals surface area contributed by atoms with E-state index < -0.39 is 5.91 Å². The molecule has 0 bridgehead atoms. The fraction of sp³-hybridized carbons (Fsp3) is 0.160. The molecule has 7 heteroatoms. The molecule has 1 N–H and O–H groups in total. The Balaban J connectivity index is 1.36. The molecule has 0 unspecified atom stereocenters. The van der Waals surface area contributed by atoms with E-state index in [0.29, 0.717) is 35.7 Å². The van der Waals surface area contributed by atoms with Gasteiger partial charge in [0.05, 0.1) is 17.1 Å². The number of halogens is 1. The van der Waals surface area contributed by atoms with Crippen LogP contribution in [-0.2, 0) is 17.8 Å². The van der Waals surface area contributed by atoms with Crippen LogP contribution >= 0.6 is 11.6 Å². The summed E-state index contributed by atoms with van der Waals surface area (Å²) in [6.07, 6.45) is 0.807. The van der Waals surface area contributed by atoms with E-state index in [1.807, 2.05) is 18.2 Å². The van der Waals surface area contributed by atoms with E-state index in [2.05, 4.69) is 17.5 Å². The highest BCUT2D eigenvalue weighted by Crippen LogP contribution is 2.31. The number of benzene rings is 3. The van der Waals surface area contributed by atoms with Crippen LogP contribution in [0.15, 0.2) is 66.7 Å². The van der Waals surface area contributed by atoms with Crippen LogP contribution in [0.25, 0.3) is 0 Å². The molecule has 0 aliphatic carbocycles. The van der Waals surface area contributed by atoms with Crippen LogP contribution < -0.4 is 10.1 Å². The summed E-state index contributed by atoms with van der Waals surface area (Å²) in [6, 6.07) is 21.5. The Morgan fingerprint density at radius 2 is 1.78 bits per heavy atom. The summed E-state index contributed by atoms with van der Waals surface area (Å²) < 4.78 is 5.73. The zero-order chi connectivity index (χ0) is 22.5. The fourth-order valence-corrected chi connectivity index (χ4v) is 3.79. The van der Waals surface area contributed by atoms with Crippen molar-refractivity contribution < 1.29 is 14.3 Å². The number of nitrogens with one attached hydrogen (secondary N) is 1. The van der Waals surface area contributed by atoms with Crippen LogP contribution in [-0.4, -0.2) is 29.8 Å². The highest BCUT2D eigenvalue weighted by atomic mass is 35.5. The Hall–Kier alpha value is -3.82. The third kappa shape index (κ3) is 4.74. The van der Waals surface area contributed by atoms with Crippen molar-refractivity contribution in [3.05, 3.63) is 94.0 Å². The molecule has 2 amide bonds. The average Bonchev–Trinajstić information content (AvgIpc) is 2.83. The summed E-state index contributed by atoms with van der Waals surface area (Å²) >= 11 is 6.29. The number of amides is 2. The van der Waals surface area contributed by atoms with Gasteiger partial charge in [0.25, 0.3) is 5.91 Å². The quantitative estimate of drug-likeness (QED) is 0.634. The molecule has 0 spiro atoms. The van der Waals surface area contributed by atoms with Gasteiger partial charge in [-0.15, -0.1) is 0 Å². The van der Waals surface area contributed by atoms with Gasteiger partial charge in [0.1, 0.15) is 17.6 Å². The zero-order valence-corrected chi connectivity index (χ0v) is 17.9. The van der Waals surface area contributed by atoms with Crippen molar-refractivity contribution in [2.75, 3.05) is 13.1 Å². The molecular weight excluding hydrogens is 426 g/mol. The second-order valence-corrected chi connectivity index (χ2v) is 7.78.